The predicted molar refractivity (Wildman–Crippen MR) is 82.1 cm³/mol. The van der Waals surface area contributed by atoms with E-state index in [1.807, 2.05) is 26.0 Å². The number of thiophene rings is 1. The fourth-order valence-corrected chi connectivity index (χ4v) is 4.37. The number of carbonyl (C=O) groups is 3. The first-order valence-electron chi connectivity index (χ1n) is 7.44. The quantitative estimate of drug-likeness (QED) is 0.614. The molecule has 1 heterocycles. The average Bonchev–Trinajstić information content (AvgIpc) is 3.20. The minimum atomic E-state index is -1.21. The minimum Gasteiger partial charge on any atom is -0.550 e. The number of carboxylic acids is 1. The van der Waals surface area contributed by atoms with Crippen molar-refractivity contribution in [2.24, 2.45) is 23.7 Å². The van der Waals surface area contributed by atoms with Gasteiger partial charge >= 0.3 is 0 Å². The van der Waals surface area contributed by atoms with Crippen molar-refractivity contribution in [1.82, 2.24) is 10.9 Å². The first-order chi connectivity index (χ1) is 10.9. The van der Waals surface area contributed by atoms with Gasteiger partial charge in [0.15, 0.2) is 0 Å². The Kier molecular flexibility index (Phi) is 3.97. The molecule has 0 radical (unpaired) electrons. The van der Waals surface area contributed by atoms with Crippen LogP contribution in [0.2, 0.25) is 0 Å². The zero-order valence-corrected chi connectivity index (χ0v) is 13.6. The maximum absolute atomic E-state index is 12.3. The smallest absolute Gasteiger partial charge is 0.270 e. The topological polar surface area (TPSA) is 98.3 Å². The molecule has 4 atom stereocenters. The van der Waals surface area contributed by atoms with Crippen molar-refractivity contribution < 1.29 is 19.5 Å². The van der Waals surface area contributed by atoms with Crippen molar-refractivity contribution in [3.8, 4) is 0 Å². The molecule has 0 aliphatic heterocycles. The summed E-state index contributed by atoms with van der Waals surface area (Å²) in [6.45, 7) is 3.76. The first-order valence-corrected chi connectivity index (χ1v) is 8.32. The SMILES string of the molecule is Cc1scc(C(=O)NNC(=O)[C@H]2[C@@H](C(=O)[O-])[C@@H]3C=C[C@H]2C3)c1C. The van der Waals surface area contributed by atoms with Gasteiger partial charge in [0, 0.05) is 22.1 Å². The number of hydrazine groups is 1. The fourth-order valence-electron chi connectivity index (χ4n) is 3.51. The summed E-state index contributed by atoms with van der Waals surface area (Å²) >= 11 is 1.46. The van der Waals surface area contributed by atoms with Gasteiger partial charge in [-0.2, -0.15) is 0 Å². The molecule has 2 bridgehead atoms. The van der Waals surface area contributed by atoms with E-state index < -0.39 is 29.6 Å². The van der Waals surface area contributed by atoms with E-state index in [1.165, 1.54) is 11.3 Å². The number of nitrogens with one attached hydrogen (secondary N) is 2. The molecule has 23 heavy (non-hydrogen) atoms. The van der Waals surface area contributed by atoms with Crippen LogP contribution < -0.4 is 16.0 Å². The van der Waals surface area contributed by atoms with Crippen LogP contribution in [0.15, 0.2) is 17.5 Å². The third kappa shape index (κ3) is 2.65. The summed E-state index contributed by atoms with van der Waals surface area (Å²) in [5, 5.41) is 13.0. The highest BCUT2D eigenvalue weighted by atomic mass is 32.1. The van der Waals surface area contributed by atoms with Crippen LogP contribution in [-0.4, -0.2) is 17.8 Å². The standard InChI is InChI=1S/C16H18N2O4S/c1-7-8(2)23-6-11(7)14(19)17-18-15(20)12-9-3-4-10(5-9)13(12)16(21)22/h3-4,6,9-10,12-13H,5H2,1-2H3,(H,17,19)(H,18,20)(H,21,22)/p-1/t9-,10+,12+,13-/m0/s1. The molecule has 0 spiro atoms. The van der Waals surface area contributed by atoms with Crippen molar-refractivity contribution in [2.45, 2.75) is 20.3 Å². The predicted octanol–water partition coefficient (Wildman–Crippen LogP) is 0.314. The number of hydrogen-bond acceptors (Lipinski definition) is 5. The lowest BCUT2D eigenvalue weighted by molar-refractivity contribution is -0.313. The Morgan fingerprint density at radius 2 is 1.78 bits per heavy atom. The van der Waals surface area contributed by atoms with Crippen LogP contribution in [-0.2, 0) is 9.59 Å². The van der Waals surface area contributed by atoms with Gasteiger partial charge in [-0.15, -0.1) is 11.3 Å². The van der Waals surface area contributed by atoms with Gasteiger partial charge in [-0.1, -0.05) is 12.2 Å². The minimum absolute atomic E-state index is 0.107. The van der Waals surface area contributed by atoms with Crippen LogP contribution in [0, 0.1) is 37.5 Å². The summed E-state index contributed by atoms with van der Waals surface area (Å²) in [4.78, 5) is 36.8. The Morgan fingerprint density at radius 1 is 1.13 bits per heavy atom. The normalized spacial score (nSPS) is 27.9. The lowest BCUT2D eigenvalue weighted by atomic mass is 9.82. The second-order valence-corrected chi connectivity index (χ2v) is 7.18. The number of aliphatic carboxylic acids is 1. The molecule has 0 aromatic carbocycles. The van der Waals surface area contributed by atoms with E-state index in [0.29, 0.717) is 12.0 Å². The first kappa shape index (κ1) is 15.7. The lowest BCUT2D eigenvalue weighted by Crippen LogP contribution is -2.50. The molecule has 0 unspecified atom stereocenters. The van der Waals surface area contributed by atoms with Gasteiger partial charge in [0.05, 0.1) is 11.5 Å². The molecule has 2 amide bonds. The molecule has 6 nitrogen and oxygen atoms in total. The van der Waals surface area contributed by atoms with E-state index >= 15 is 0 Å². The molecular weight excluding hydrogens is 316 g/mol. The highest BCUT2D eigenvalue weighted by Crippen LogP contribution is 2.47. The number of aryl methyl sites for hydroxylation is 1. The molecule has 1 aromatic heterocycles. The second-order valence-electron chi connectivity index (χ2n) is 6.09. The van der Waals surface area contributed by atoms with E-state index in [-0.39, 0.29) is 11.8 Å². The van der Waals surface area contributed by atoms with Crippen LogP contribution in [0.3, 0.4) is 0 Å². The molecule has 2 N–H and O–H groups in total. The van der Waals surface area contributed by atoms with Gasteiger partial charge in [0.2, 0.25) is 5.91 Å². The Bertz CT molecular complexity index is 709. The van der Waals surface area contributed by atoms with E-state index in [1.54, 1.807) is 5.38 Å². The number of carboxylic acid groups (broad SMARTS) is 1. The maximum atomic E-state index is 12.3. The van der Waals surface area contributed by atoms with Gasteiger partial charge < -0.3 is 9.90 Å². The van der Waals surface area contributed by atoms with Gasteiger partial charge in [-0.3, -0.25) is 20.4 Å². The van der Waals surface area contributed by atoms with Crippen molar-refractivity contribution in [2.75, 3.05) is 0 Å². The highest BCUT2D eigenvalue weighted by molar-refractivity contribution is 7.10. The summed E-state index contributed by atoms with van der Waals surface area (Å²) in [5.74, 6) is -3.87. The molecule has 1 fully saturated rings. The molecule has 1 aromatic rings. The molecule has 2 aliphatic carbocycles. The number of hydrogen-bond donors (Lipinski definition) is 2. The second kappa shape index (κ2) is 5.81. The molecule has 122 valence electrons. The number of fused-ring (bicyclic) bond motifs is 2. The Labute approximate surface area is 137 Å². The molecule has 0 saturated heterocycles. The summed E-state index contributed by atoms with van der Waals surface area (Å²) in [7, 11) is 0. The summed E-state index contributed by atoms with van der Waals surface area (Å²) in [5.41, 5.74) is 6.13. The number of carbonyl (C=O) groups excluding carboxylic acids is 3. The van der Waals surface area contributed by atoms with E-state index in [2.05, 4.69) is 10.9 Å². The van der Waals surface area contributed by atoms with Gasteiger partial charge in [-0.25, -0.2) is 0 Å². The van der Waals surface area contributed by atoms with E-state index in [4.69, 9.17) is 0 Å². The summed E-state index contributed by atoms with van der Waals surface area (Å²) in [6.07, 6.45) is 4.36. The third-order valence-electron chi connectivity index (χ3n) is 4.86. The van der Waals surface area contributed by atoms with Crippen LogP contribution in [0.4, 0.5) is 0 Å². The number of amides is 2. The Hall–Kier alpha value is -2.15. The molecule has 2 aliphatic rings. The zero-order chi connectivity index (χ0) is 16.7. The van der Waals surface area contributed by atoms with Crippen molar-refractivity contribution in [1.29, 1.82) is 0 Å². The highest BCUT2D eigenvalue weighted by Gasteiger charge is 2.48. The summed E-state index contributed by atoms with van der Waals surface area (Å²) < 4.78 is 0. The van der Waals surface area contributed by atoms with Gasteiger partial charge in [0.1, 0.15) is 0 Å². The molecule has 7 heteroatoms. The monoisotopic (exact) mass is 333 g/mol. The van der Waals surface area contributed by atoms with Crippen molar-refractivity contribution in [3.05, 3.63) is 33.5 Å². The van der Waals surface area contributed by atoms with Crippen molar-refractivity contribution >= 4 is 29.1 Å². The van der Waals surface area contributed by atoms with Gasteiger partial charge in [-0.05, 0) is 37.7 Å². The van der Waals surface area contributed by atoms with Crippen LogP contribution in [0.5, 0.6) is 0 Å². The van der Waals surface area contributed by atoms with Crippen molar-refractivity contribution in [3.63, 3.8) is 0 Å². The summed E-state index contributed by atoms with van der Waals surface area (Å²) in [6, 6.07) is 0. The van der Waals surface area contributed by atoms with E-state index in [9.17, 15) is 19.5 Å². The third-order valence-corrected chi connectivity index (χ3v) is 5.88. The number of allylic oxidation sites excluding steroid dienone is 2. The molecule has 1 saturated carbocycles. The Balaban J connectivity index is 1.66. The van der Waals surface area contributed by atoms with Crippen LogP contribution in [0.25, 0.3) is 0 Å². The fraction of sp³-hybridized carbons (Fsp3) is 0.438. The van der Waals surface area contributed by atoms with Crippen LogP contribution >= 0.6 is 11.3 Å². The number of rotatable bonds is 3. The Morgan fingerprint density at radius 3 is 2.35 bits per heavy atom. The maximum Gasteiger partial charge on any atom is 0.270 e. The van der Waals surface area contributed by atoms with Crippen LogP contribution in [0.1, 0.15) is 27.2 Å². The largest absolute Gasteiger partial charge is 0.550 e. The van der Waals surface area contributed by atoms with E-state index in [0.717, 1.165) is 10.4 Å². The molecule has 3 rings (SSSR count). The zero-order valence-electron chi connectivity index (χ0n) is 12.8. The lowest BCUT2D eigenvalue weighted by Gasteiger charge is -2.27. The average molecular weight is 333 g/mol. The van der Waals surface area contributed by atoms with Gasteiger partial charge in [0.25, 0.3) is 5.91 Å². The molecular formula is C16H17N2O4S-.